The number of allylic oxidation sites excluding steroid dienone is 1. The highest BCUT2D eigenvalue weighted by Crippen LogP contribution is 2.24. The molecule has 3 nitrogen and oxygen atoms in total. The average molecular weight is 362 g/mol. The molecule has 0 saturated carbocycles. The highest BCUT2D eigenvalue weighted by atomic mass is 19.3. The highest BCUT2D eigenvalue weighted by molar-refractivity contribution is 6.49. The van der Waals surface area contributed by atoms with Gasteiger partial charge in [-0.2, -0.15) is 8.78 Å². The van der Waals surface area contributed by atoms with Gasteiger partial charge in [-0.3, -0.25) is 9.59 Å². The molecule has 1 atom stereocenters. The third-order valence-electron chi connectivity index (χ3n) is 3.68. The summed E-state index contributed by atoms with van der Waals surface area (Å²) in [6.07, 6.45) is 1.07. The summed E-state index contributed by atoms with van der Waals surface area (Å²) in [6, 6.07) is 10.6. The van der Waals surface area contributed by atoms with Crippen molar-refractivity contribution < 1.29 is 27.5 Å². The summed E-state index contributed by atoms with van der Waals surface area (Å²) in [7, 11) is 0. The number of hydrogen-bond acceptors (Lipinski definition) is 3. The van der Waals surface area contributed by atoms with E-state index in [1.165, 1.54) is 42.5 Å². The first-order valence-electron chi connectivity index (χ1n) is 7.91. The van der Waals surface area contributed by atoms with E-state index in [-0.39, 0.29) is 23.3 Å². The molecular formula is C20H17F3O3. The molecule has 0 saturated heterocycles. The minimum absolute atomic E-state index is 0.0328. The number of carbonyl (C=O) groups excluding carboxylic acids is 2. The molecule has 0 spiro atoms. The molecule has 0 bridgehead atoms. The lowest BCUT2D eigenvalue weighted by molar-refractivity contribution is -0.0498. The van der Waals surface area contributed by atoms with E-state index in [9.17, 15) is 22.8 Å². The van der Waals surface area contributed by atoms with E-state index in [1.807, 2.05) is 0 Å². The highest BCUT2D eigenvalue weighted by Gasteiger charge is 2.20. The number of alkyl halides is 3. The summed E-state index contributed by atoms with van der Waals surface area (Å²) in [6.45, 7) is 0.559. The Morgan fingerprint density at radius 2 is 1.65 bits per heavy atom. The molecule has 0 N–H and O–H groups in total. The quantitative estimate of drug-likeness (QED) is 0.344. The largest absolute Gasteiger partial charge is 0.435 e. The fourth-order valence-electron chi connectivity index (χ4n) is 2.36. The summed E-state index contributed by atoms with van der Waals surface area (Å²) < 4.78 is 42.6. The minimum Gasteiger partial charge on any atom is -0.435 e. The smallest absolute Gasteiger partial charge is 0.387 e. The number of rotatable bonds is 9. The first kappa shape index (κ1) is 19.4. The molecule has 0 aromatic heterocycles. The molecule has 0 amide bonds. The van der Waals surface area contributed by atoms with Gasteiger partial charge < -0.3 is 4.74 Å². The zero-order chi connectivity index (χ0) is 19.1. The predicted octanol–water partition coefficient (Wildman–Crippen LogP) is 5.33. The SMILES string of the molecule is C=CCCC(F)c1cccc(C(=O)C(=O)c2ccc(OC(F)F)cc2)c1. The van der Waals surface area contributed by atoms with Gasteiger partial charge in [0, 0.05) is 11.1 Å². The van der Waals surface area contributed by atoms with Crippen LogP contribution >= 0.6 is 0 Å². The summed E-state index contributed by atoms with van der Waals surface area (Å²) in [5.74, 6) is -1.73. The minimum atomic E-state index is -2.98. The molecule has 26 heavy (non-hydrogen) atoms. The van der Waals surface area contributed by atoms with Crippen molar-refractivity contribution in [3.63, 3.8) is 0 Å². The second kappa shape index (κ2) is 8.99. The van der Waals surface area contributed by atoms with Gasteiger partial charge in [0.05, 0.1) is 0 Å². The van der Waals surface area contributed by atoms with Gasteiger partial charge >= 0.3 is 6.61 Å². The number of Topliss-reactive ketones (excluding diaryl/α,β-unsaturated/α-hetero) is 2. The topological polar surface area (TPSA) is 43.4 Å². The molecule has 2 aromatic carbocycles. The van der Waals surface area contributed by atoms with Crippen molar-refractivity contribution in [3.8, 4) is 5.75 Å². The average Bonchev–Trinajstić information content (AvgIpc) is 2.65. The standard InChI is InChI=1S/C20H17F3O3/c1-2-3-7-17(21)14-5-4-6-15(12-14)19(25)18(24)13-8-10-16(11-9-13)26-20(22)23/h2,4-6,8-12,17,20H,1,3,7H2. The summed E-state index contributed by atoms with van der Waals surface area (Å²) in [5.41, 5.74) is 0.415. The number of hydrogen-bond donors (Lipinski definition) is 0. The van der Waals surface area contributed by atoms with E-state index in [4.69, 9.17) is 0 Å². The first-order valence-corrected chi connectivity index (χ1v) is 7.91. The van der Waals surface area contributed by atoms with Crippen molar-refractivity contribution in [1.82, 2.24) is 0 Å². The second-order valence-electron chi connectivity index (χ2n) is 5.52. The molecule has 0 radical (unpaired) electrons. The van der Waals surface area contributed by atoms with Gasteiger partial charge in [-0.25, -0.2) is 4.39 Å². The van der Waals surface area contributed by atoms with Crippen molar-refractivity contribution in [2.45, 2.75) is 25.6 Å². The molecule has 0 aliphatic heterocycles. The van der Waals surface area contributed by atoms with E-state index in [0.717, 1.165) is 0 Å². The zero-order valence-corrected chi connectivity index (χ0v) is 13.8. The van der Waals surface area contributed by atoms with Crippen LogP contribution in [0.3, 0.4) is 0 Å². The van der Waals surface area contributed by atoms with Crippen LogP contribution < -0.4 is 4.74 Å². The molecule has 0 fully saturated rings. The second-order valence-corrected chi connectivity index (χ2v) is 5.52. The normalized spacial score (nSPS) is 11.8. The molecule has 1 unspecified atom stereocenters. The summed E-state index contributed by atoms with van der Waals surface area (Å²) in [4.78, 5) is 24.6. The van der Waals surface area contributed by atoms with E-state index in [1.54, 1.807) is 12.1 Å². The molecule has 136 valence electrons. The van der Waals surface area contributed by atoms with E-state index < -0.39 is 24.3 Å². The molecule has 0 aliphatic carbocycles. The third-order valence-corrected chi connectivity index (χ3v) is 3.68. The molecule has 0 heterocycles. The number of ether oxygens (including phenoxy) is 1. The maximum atomic E-state index is 14.1. The maximum Gasteiger partial charge on any atom is 0.387 e. The van der Waals surface area contributed by atoms with Crippen LogP contribution in [0.15, 0.2) is 61.2 Å². The van der Waals surface area contributed by atoms with Gasteiger partial charge in [0.2, 0.25) is 11.6 Å². The Morgan fingerprint density at radius 1 is 1.00 bits per heavy atom. The van der Waals surface area contributed by atoms with Gasteiger partial charge in [-0.15, -0.1) is 6.58 Å². The van der Waals surface area contributed by atoms with Crippen LogP contribution in [-0.2, 0) is 0 Å². The molecule has 0 aliphatic rings. The van der Waals surface area contributed by atoms with E-state index in [0.29, 0.717) is 12.0 Å². The van der Waals surface area contributed by atoms with Crippen molar-refractivity contribution in [1.29, 1.82) is 0 Å². The lowest BCUT2D eigenvalue weighted by atomic mass is 9.97. The Hall–Kier alpha value is -2.89. The van der Waals surface area contributed by atoms with Crippen LogP contribution in [0.2, 0.25) is 0 Å². The van der Waals surface area contributed by atoms with Crippen molar-refractivity contribution in [3.05, 3.63) is 77.9 Å². The number of benzene rings is 2. The Labute approximate surface area is 149 Å². The molecular weight excluding hydrogens is 345 g/mol. The van der Waals surface area contributed by atoms with Crippen LogP contribution in [0.5, 0.6) is 5.75 Å². The fourth-order valence-corrected chi connectivity index (χ4v) is 2.36. The van der Waals surface area contributed by atoms with Crippen LogP contribution in [0.1, 0.15) is 45.3 Å². The Balaban J connectivity index is 2.15. The monoisotopic (exact) mass is 362 g/mol. The van der Waals surface area contributed by atoms with E-state index >= 15 is 0 Å². The van der Waals surface area contributed by atoms with Gasteiger partial charge in [0.1, 0.15) is 11.9 Å². The van der Waals surface area contributed by atoms with Crippen LogP contribution in [0.25, 0.3) is 0 Å². The van der Waals surface area contributed by atoms with E-state index in [2.05, 4.69) is 11.3 Å². The fraction of sp³-hybridized carbons (Fsp3) is 0.200. The van der Waals surface area contributed by atoms with Gasteiger partial charge in [-0.1, -0.05) is 24.3 Å². The van der Waals surface area contributed by atoms with Crippen LogP contribution in [-0.4, -0.2) is 18.2 Å². The maximum absolute atomic E-state index is 14.1. The zero-order valence-electron chi connectivity index (χ0n) is 13.8. The summed E-state index contributed by atoms with van der Waals surface area (Å²) >= 11 is 0. The lowest BCUT2D eigenvalue weighted by Crippen LogP contribution is -2.15. The molecule has 2 rings (SSSR count). The Morgan fingerprint density at radius 3 is 2.27 bits per heavy atom. The Bertz CT molecular complexity index is 785. The van der Waals surface area contributed by atoms with Gasteiger partial charge in [0.25, 0.3) is 0 Å². The number of ketones is 2. The first-order chi connectivity index (χ1) is 12.4. The molecule has 2 aromatic rings. The molecule has 6 heteroatoms. The summed E-state index contributed by atoms with van der Waals surface area (Å²) in [5, 5.41) is 0. The van der Waals surface area contributed by atoms with Crippen molar-refractivity contribution in [2.24, 2.45) is 0 Å². The predicted molar refractivity (Wildman–Crippen MR) is 91.5 cm³/mol. The van der Waals surface area contributed by atoms with Gasteiger partial charge in [0.15, 0.2) is 0 Å². The van der Waals surface area contributed by atoms with Gasteiger partial charge in [-0.05, 0) is 48.7 Å². The van der Waals surface area contributed by atoms with Crippen molar-refractivity contribution in [2.75, 3.05) is 0 Å². The van der Waals surface area contributed by atoms with Crippen LogP contribution in [0, 0.1) is 0 Å². The van der Waals surface area contributed by atoms with Crippen molar-refractivity contribution >= 4 is 11.6 Å². The number of halogens is 3. The number of carbonyl (C=O) groups is 2. The van der Waals surface area contributed by atoms with Crippen LogP contribution in [0.4, 0.5) is 13.2 Å². The third kappa shape index (κ3) is 5.05. The lowest BCUT2D eigenvalue weighted by Gasteiger charge is -2.09. The Kier molecular flexibility index (Phi) is 6.72.